The Kier molecular flexibility index (Phi) is 3.50. The van der Waals surface area contributed by atoms with Crippen LogP contribution in [0.25, 0.3) is 22.0 Å². The Labute approximate surface area is 128 Å². The maximum Gasteiger partial charge on any atom is 0.335 e. The van der Waals surface area contributed by atoms with E-state index < -0.39 is 17.6 Å². The molecule has 1 N–H and O–H groups in total. The Hall–Kier alpha value is -2.53. The summed E-state index contributed by atoms with van der Waals surface area (Å²) in [7, 11) is 0. The molecule has 110 valence electrons. The molecule has 0 aliphatic carbocycles. The number of aromatic nitrogens is 1. The van der Waals surface area contributed by atoms with E-state index in [-0.39, 0.29) is 32.6 Å². The van der Waals surface area contributed by atoms with Crippen LogP contribution in [0.4, 0.5) is 8.78 Å². The van der Waals surface area contributed by atoms with Crippen molar-refractivity contribution in [1.82, 2.24) is 4.98 Å². The zero-order chi connectivity index (χ0) is 15.9. The van der Waals surface area contributed by atoms with Crippen LogP contribution in [-0.4, -0.2) is 16.1 Å². The van der Waals surface area contributed by atoms with E-state index in [0.29, 0.717) is 0 Å². The molecule has 0 unspecified atom stereocenters. The van der Waals surface area contributed by atoms with Gasteiger partial charge in [-0.15, -0.1) is 0 Å². The van der Waals surface area contributed by atoms with Crippen molar-refractivity contribution in [3.63, 3.8) is 0 Å². The number of carboxylic acids is 1. The predicted octanol–water partition coefficient (Wildman–Crippen LogP) is 4.53. The van der Waals surface area contributed by atoms with Gasteiger partial charge in [-0.25, -0.2) is 13.6 Å². The van der Waals surface area contributed by atoms with Crippen LogP contribution in [0.15, 0.2) is 42.6 Å². The third-order valence-electron chi connectivity index (χ3n) is 3.29. The smallest absolute Gasteiger partial charge is 0.335 e. The molecule has 1 aromatic heterocycles. The van der Waals surface area contributed by atoms with Gasteiger partial charge >= 0.3 is 5.97 Å². The highest BCUT2D eigenvalue weighted by molar-refractivity contribution is 6.33. The summed E-state index contributed by atoms with van der Waals surface area (Å²) in [6.45, 7) is 0. The number of rotatable bonds is 2. The first-order chi connectivity index (χ1) is 10.5. The molecule has 3 nitrogen and oxygen atoms in total. The minimum atomic E-state index is -1.15. The van der Waals surface area contributed by atoms with Gasteiger partial charge in [0.1, 0.15) is 11.6 Å². The standard InChI is InChI=1S/C16H8ClF2NO2/c17-14-10(2-1-3-12(14)18)15-11-6-8(16(21)22)4-5-9(11)13(19)7-20-15/h1-7H,(H,21,22). The van der Waals surface area contributed by atoms with Crippen molar-refractivity contribution in [2.75, 3.05) is 0 Å². The molecule has 0 aliphatic rings. The van der Waals surface area contributed by atoms with Crippen LogP contribution in [0, 0.1) is 11.6 Å². The summed E-state index contributed by atoms with van der Waals surface area (Å²) < 4.78 is 27.5. The fourth-order valence-electron chi connectivity index (χ4n) is 2.24. The zero-order valence-corrected chi connectivity index (χ0v) is 11.7. The summed E-state index contributed by atoms with van der Waals surface area (Å²) in [5.41, 5.74) is 0.479. The van der Waals surface area contributed by atoms with Gasteiger partial charge in [0.15, 0.2) is 0 Å². The molecule has 2 aromatic carbocycles. The van der Waals surface area contributed by atoms with Crippen molar-refractivity contribution in [2.24, 2.45) is 0 Å². The van der Waals surface area contributed by atoms with Gasteiger partial charge in [0, 0.05) is 16.3 Å². The van der Waals surface area contributed by atoms with E-state index in [1.54, 1.807) is 6.07 Å². The Morgan fingerprint density at radius 2 is 1.86 bits per heavy atom. The molecule has 0 bridgehead atoms. The molecule has 0 radical (unpaired) electrons. The van der Waals surface area contributed by atoms with Crippen LogP contribution >= 0.6 is 11.6 Å². The van der Waals surface area contributed by atoms with Crippen LogP contribution in [0.2, 0.25) is 5.02 Å². The SMILES string of the molecule is O=C(O)c1ccc2c(F)cnc(-c3cccc(F)c3Cl)c2c1. The Balaban J connectivity index is 2.38. The van der Waals surface area contributed by atoms with E-state index in [9.17, 15) is 13.6 Å². The summed E-state index contributed by atoms with van der Waals surface area (Å²) in [5, 5.41) is 9.37. The minimum absolute atomic E-state index is 0.0197. The molecule has 6 heteroatoms. The van der Waals surface area contributed by atoms with Crippen molar-refractivity contribution < 1.29 is 18.7 Å². The molecule has 3 rings (SSSR count). The molecule has 0 amide bonds. The van der Waals surface area contributed by atoms with Gasteiger partial charge in [-0.2, -0.15) is 0 Å². The van der Waals surface area contributed by atoms with Gasteiger partial charge in [0.2, 0.25) is 0 Å². The van der Waals surface area contributed by atoms with Crippen LogP contribution in [0.5, 0.6) is 0 Å². The highest BCUT2D eigenvalue weighted by Gasteiger charge is 2.16. The lowest BCUT2D eigenvalue weighted by Crippen LogP contribution is -1.98. The number of hydrogen-bond donors (Lipinski definition) is 1. The summed E-state index contributed by atoms with van der Waals surface area (Å²) in [5.74, 6) is -2.38. The van der Waals surface area contributed by atoms with E-state index in [1.807, 2.05) is 0 Å². The third-order valence-corrected chi connectivity index (χ3v) is 3.68. The number of pyridine rings is 1. The van der Waals surface area contributed by atoms with Crippen LogP contribution < -0.4 is 0 Å². The van der Waals surface area contributed by atoms with Crippen molar-refractivity contribution in [1.29, 1.82) is 0 Å². The largest absolute Gasteiger partial charge is 0.478 e. The lowest BCUT2D eigenvalue weighted by atomic mass is 10.0. The zero-order valence-electron chi connectivity index (χ0n) is 11.0. The number of carbonyl (C=O) groups is 1. The molecule has 0 saturated carbocycles. The summed E-state index contributed by atoms with van der Waals surface area (Å²) in [6.07, 6.45) is 0.999. The first kappa shape index (κ1) is 14.4. The molecule has 0 saturated heterocycles. The molecule has 3 aromatic rings. The van der Waals surface area contributed by atoms with Gasteiger partial charge in [-0.3, -0.25) is 4.98 Å². The van der Waals surface area contributed by atoms with Gasteiger partial charge in [-0.1, -0.05) is 29.8 Å². The molecule has 22 heavy (non-hydrogen) atoms. The predicted molar refractivity (Wildman–Crippen MR) is 79.1 cm³/mol. The van der Waals surface area contributed by atoms with Gasteiger partial charge in [-0.05, 0) is 18.2 Å². The Morgan fingerprint density at radius 3 is 2.59 bits per heavy atom. The maximum atomic E-state index is 13.9. The third kappa shape index (κ3) is 2.29. The molecular formula is C16H8ClF2NO2. The maximum absolute atomic E-state index is 13.9. The Bertz CT molecular complexity index is 912. The second-order valence-electron chi connectivity index (χ2n) is 4.62. The number of hydrogen-bond acceptors (Lipinski definition) is 2. The van der Waals surface area contributed by atoms with Gasteiger partial charge < -0.3 is 5.11 Å². The number of carboxylic acid groups (broad SMARTS) is 1. The van der Waals surface area contributed by atoms with Gasteiger partial charge in [0.25, 0.3) is 0 Å². The number of halogens is 3. The van der Waals surface area contributed by atoms with Crippen LogP contribution in [0.3, 0.4) is 0 Å². The van der Waals surface area contributed by atoms with Crippen LogP contribution in [0.1, 0.15) is 10.4 Å². The summed E-state index contributed by atoms with van der Waals surface area (Å²) in [4.78, 5) is 15.1. The van der Waals surface area contributed by atoms with Crippen LogP contribution in [-0.2, 0) is 0 Å². The minimum Gasteiger partial charge on any atom is -0.478 e. The number of benzene rings is 2. The van der Waals surface area contributed by atoms with E-state index in [4.69, 9.17) is 16.7 Å². The first-order valence-corrected chi connectivity index (χ1v) is 6.63. The van der Waals surface area contributed by atoms with Crippen molar-refractivity contribution in [3.05, 3.63) is 64.8 Å². The molecule has 0 fully saturated rings. The average molecular weight is 320 g/mol. The van der Waals surface area contributed by atoms with E-state index in [1.165, 1.54) is 30.3 Å². The first-order valence-electron chi connectivity index (χ1n) is 6.25. The summed E-state index contributed by atoms with van der Waals surface area (Å²) in [6, 6.07) is 8.13. The highest BCUT2D eigenvalue weighted by Crippen LogP contribution is 2.34. The molecule has 1 heterocycles. The molecule has 0 atom stereocenters. The second kappa shape index (κ2) is 5.35. The van der Waals surface area contributed by atoms with E-state index in [2.05, 4.69) is 4.98 Å². The molecule has 0 aliphatic heterocycles. The number of nitrogens with zero attached hydrogens (tertiary/aromatic N) is 1. The number of aromatic carboxylic acids is 1. The quantitative estimate of drug-likeness (QED) is 0.755. The van der Waals surface area contributed by atoms with Crippen molar-refractivity contribution >= 4 is 28.3 Å². The fraction of sp³-hybridized carbons (Fsp3) is 0. The van der Waals surface area contributed by atoms with Gasteiger partial charge in [0.05, 0.1) is 22.5 Å². The molecular weight excluding hydrogens is 312 g/mol. The monoisotopic (exact) mass is 319 g/mol. The molecule has 0 spiro atoms. The summed E-state index contributed by atoms with van der Waals surface area (Å²) >= 11 is 5.95. The van der Waals surface area contributed by atoms with Crippen molar-refractivity contribution in [3.8, 4) is 11.3 Å². The average Bonchev–Trinajstić information content (AvgIpc) is 2.50. The number of fused-ring (bicyclic) bond motifs is 1. The van der Waals surface area contributed by atoms with E-state index in [0.717, 1.165) is 6.20 Å². The van der Waals surface area contributed by atoms with Crippen molar-refractivity contribution in [2.45, 2.75) is 0 Å². The lowest BCUT2D eigenvalue weighted by Gasteiger charge is -2.09. The fourth-order valence-corrected chi connectivity index (χ4v) is 2.46. The normalized spacial score (nSPS) is 10.9. The lowest BCUT2D eigenvalue weighted by molar-refractivity contribution is 0.0697. The Morgan fingerprint density at radius 1 is 1.09 bits per heavy atom. The second-order valence-corrected chi connectivity index (χ2v) is 5.00. The highest BCUT2D eigenvalue weighted by atomic mass is 35.5. The topological polar surface area (TPSA) is 50.2 Å². The van der Waals surface area contributed by atoms with E-state index >= 15 is 0 Å².